The molecule has 0 saturated carbocycles. The maximum absolute atomic E-state index is 12.9. The second kappa shape index (κ2) is 8.09. The molecule has 0 bridgehead atoms. The molecule has 0 unspecified atom stereocenters. The highest BCUT2D eigenvalue weighted by Crippen LogP contribution is 2.17. The number of benzene rings is 1. The molecule has 1 aromatic carbocycles. The molecule has 26 heavy (non-hydrogen) atoms. The van der Waals surface area contributed by atoms with E-state index in [-0.39, 0.29) is 24.8 Å². The lowest BCUT2D eigenvalue weighted by atomic mass is 10.2. The van der Waals surface area contributed by atoms with Crippen LogP contribution in [0.2, 0.25) is 0 Å². The Hall–Kier alpha value is -2.74. The topological polar surface area (TPSA) is 82.6 Å². The van der Waals surface area contributed by atoms with Gasteiger partial charge in [-0.05, 0) is 12.5 Å². The van der Waals surface area contributed by atoms with Crippen LogP contribution in [0.5, 0.6) is 0 Å². The van der Waals surface area contributed by atoms with Gasteiger partial charge < -0.3 is 10.2 Å². The number of aromatic nitrogens is 1. The highest BCUT2D eigenvalue weighted by atomic mass is 32.1. The first-order valence-electron chi connectivity index (χ1n) is 8.33. The maximum Gasteiger partial charge on any atom is 0.324 e. The van der Waals surface area contributed by atoms with E-state index >= 15 is 0 Å². The molecular weight excluding hydrogens is 352 g/mol. The number of nitrogens with one attached hydrogen (secondary N) is 1. The lowest BCUT2D eigenvalue weighted by Crippen LogP contribution is -2.53. The quantitative estimate of drug-likeness (QED) is 0.840. The Labute approximate surface area is 155 Å². The van der Waals surface area contributed by atoms with Crippen molar-refractivity contribution in [2.45, 2.75) is 26.4 Å². The van der Waals surface area contributed by atoms with Gasteiger partial charge in [-0.25, -0.2) is 9.78 Å². The molecule has 8 heteroatoms. The van der Waals surface area contributed by atoms with Crippen LogP contribution in [0.3, 0.4) is 0 Å². The molecule has 0 radical (unpaired) electrons. The van der Waals surface area contributed by atoms with E-state index in [1.807, 2.05) is 37.3 Å². The maximum atomic E-state index is 12.9. The van der Waals surface area contributed by atoms with Gasteiger partial charge in [-0.15, -0.1) is 11.3 Å². The van der Waals surface area contributed by atoms with Crippen molar-refractivity contribution in [1.29, 1.82) is 0 Å². The zero-order valence-corrected chi connectivity index (χ0v) is 15.3. The number of thiazole rings is 1. The second-order valence-corrected chi connectivity index (χ2v) is 7.00. The standard InChI is InChI=1S/C18H20N4O3S/c1-13-15(26-12-20-13)10-21(9-14-5-3-2-4-6-14)17(24)11-22-16(23)7-8-19-18(22)25/h2-6,12H,7-11H2,1H3,(H,19,25). The van der Waals surface area contributed by atoms with Gasteiger partial charge >= 0.3 is 6.03 Å². The molecule has 0 aliphatic carbocycles. The third kappa shape index (κ3) is 4.26. The summed E-state index contributed by atoms with van der Waals surface area (Å²) in [5.74, 6) is -0.595. The Morgan fingerprint density at radius 1 is 1.27 bits per heavy atom. The fraction of sp³-hybridized carbons (Fsp3) is 0.333. The van der Waals surface area contributed by atoms with E-state index < -0.39 is 6.03 Å². The third-order valence-corrected chi connectivity index (χ3v) is 5.12. The molecule has 1 aliphatic heterocycles. The minimum absolute atomic E-state index is 0.214. The Balaban J connectivity index is 1.77. The van der Waals surface area contributed by atoms with Crippen molar-refractivity contribution in [3.63, 3.8) is 0 Å². The van der Waals surface area contributed by atoms with Crippen molar-refractivity contribution in [3.8, 4) is 0 Å². The summed E-state index contributed by atoms with van der Waals surface area (Å²) >= 11 is 1.49. The fourth-order valence-electron chi connectivity index (χ4n) is 2.70. The van der Waals surface area contributed by atoms with Crippen LogP contribution in [0.15, 0.2) is 35.8 Å². The smallest absolute Gasteiger partial charge is 0.324 e. The molecule has 136 valence electrons. The number of carbonyl (C=O) groups is 3. The van der Waals surface area contributed by atoms with Crippen LogP contribution < -0.4 is 5.32 Å². The van der Waals surface area contributed by atoms with Gasteiger partial charge in [-0.2, -0.15) is 0 Å². The molecule has 7 nitrogen and oxygen atoms in total. The van der Waals surface area contributed by atoms with Crippen LogP contribution in [-0.4, -0.2) is 45.7 Å². The number of hydrogen-bond donors (Lipinski definition) is 1. The van der Waals surface area contributed by atoms with Crippen LogP contribution >= 0.6 is 11.3 Å². The van der Waals surface area contributed by atoms with E-state index in [2.05, 4.69) is 10.3 Å². The molecule has 2 aromatic rings. The van der Waals surface area contributed by atoms with E-state index in [0.29, 0.717) is 19.6 Å². The summed E-state index contributed by atoms with van der Waals surface area (Å²) in [7, 11) is 0. The van der Waals surface area contributed by atoms with Gasteiger partial charge in [0.25, 0.3) is 0 Å². The number of nitrogens with zero attached hydrogens (tertiary/aromatic N) is 3. The number of amides is 4. The predicted molar refractivity (Wildman–Crippen MR) is 97.3 cm³/mol. The van der Waals surface area contributed by atoms with Gasteiger partial charge in [-0.1, -0.05) is 30.3 Å². The van der Waals surface area contributed by atoms with Crippen molar-refractivity contribution < 1.29 is 14.4 Å². The Morgan fingerprint density at radius 2 is 2.04 bits per heavy atom. The van der Waals surface area contributed by atoms with E-state index in [1.54, 1.807) is 10.4 Å². The molecule has 1 N–H and O–H groups in total. The van der Waals surface area contributed by atoms with Crippen molar-refractivity contribution >= 4 is 29.2 Å². The number of imide groups is 1. The molecule has 1 aromatic heterocycles. The van der Waals surface area contributed by atoms with Gasteiger partial charge in [0.05, 0.1) is 17.7 Å². The van der Waals surface area contributed by atoms with Crippen molar-refractivity contribution in [1.82, 2.24) is 20.1 Å². The van der Waals surface area contributed by atoms with Crippen LogP contribution in [0, 0.1) is 6.92 Å². The minimum atomic E-state index is -0.511. The number of hydrogen-bond acceptors (Lipinski definition) is 5. The number of aryl methyl sites for hydroxylation is 1. The first-order chi connectivity index (χ1) is 12.5. The second-order valence-electron chi connectivity index (χ2n) is 6.06. The Morgan fingerprint density at radius 3 is 2.69 bits per heavy atom. The normalized spacial score (nSPS) is 14.3. The molecular formula is C18H20N4O3S. The molecule has 1 saturated heterocycles. The third-order valence-electron chi connectivity index (χ3n) is 4.20. The average molecular weight is 372 g/mol. The highest BCUT2D eigenvalue weighted by molar-refractivity contribution is 7.09. The molecule has 1 aliphatic rings. The lowest BCUT2D eigenvalue weighted by Gasteiger charge is -2.29. The SMILES string of the molecule is Cc1ncsc1CN(Cc1ccccc1)C(=O)CN1C(=O)CCNC1=O. The van der Waals surface area contributed by atoms with Gasteiger partial charge in [0.1, 0.15) is 6.54 Å². The summed E-state index contributed by atoms with van der Waals surface area (Å²) in [6, 6.07) is 9.12. The molecule has 2 heterocycles. The van der Waals surface area contributed by atoms with E-state index in [0.717, 1.165) is 21.0 Å². The monoisotopic (exact) mass is 372 g/mol. The highest BCUT2D eigenvalue weighted by Gasteiger charge is 2.29. The van der Waals surface area contributed by atoms with Crippen LogP contribution in [0.1, 0.15) is 22.6 Å². The number of urea groups is 1. The summed E-state index contributed by atoms with van der Waals surface area (Å²) in [5, 5.41) is 2.60. The molecule has 4 amide bonds. The molecule has 1 fully saturated rings. The van der Waals surface area contributed by atoms with Gasteiger partial charge in [0, 0.05) is 24.4 Å². The fourth-order valence-corrected chi connectivity index (χ4v) is 3.49. The predicted octanol–water partition coefficient (Wildman–Crippen LogP) is 1.92. The first kappa shape index (κ1) is 18.1. The zero-order valence-electron chi connectivity index (χ0n) is 14.5. The van der Waals surface area contributed by atoms with Crippen molar-refractivity contribution in [3.05, 3.63) is 52.0 Å². The minimum Gasteiger partial charge on any atom is -0.337 e. The Kier molecular flexibility index (Phi) is 5.62. The van der Waals surface area contributed by atoms with Gasteiger partial charge in [0.15, 0.2) is 0 Å². The largest absolute Gasteiger partial charge is 0.337 e. The van der Waals surface area contributed by atoms with Crippen molar-refractivity contribution in [2.24, 2.45) is 0 Å². The van der Waals surface area contributed by atoms with Crippen LogP contribution in [-0.2, 0) is 22.7 Å². The average Bonchev–Trinajstić information content (AvgIpc) is 3.03. The first-order valence-corrected chi connectivity index (χ1v) is 9.21. The summed E-state index contributed by atoms with van der Waals surface area (Å²) in [6.45, 7) is 2.76. The summed E-state index contributed by atoms with van der Waals surface area (Å²) < 4.78 is 0. The number of rotatable bonds is 6. The Bertz CT molecular complexity index is 790. The summed E-state index contributed by atoms with van der Waals surface area (Å²) in [5.41, 5.74) is 3.61. The van der Waals surface area contributed by atoms with E-state index in [9.17, 15) is 14.4 Å². The number of carbonyl (C=O) groups excluding carboxylic acids is 3. The molecule has 0 atom stereocenters. The van der Waals surface area contributed by atoms with Gasteiger partial charge in [-0.3, -0.25) is 14.5 Å². The van der Waals surface area contributed by atoms with Gasteiger partial charge in [0.2, 0.25) is 11.8 Å². The summed E-state index contributed by atoms with van der Waals surface area (Å²) in [6.07, 6.45) is 0.214. The zero-order chi connectivity index (χ0) is 18.5. The van der Waals surface area contributed by atoms with E-state index in [1.165, 1.54) is 11.3 Å². The van der Waals surface area contributed by atoms with Crippen molar-refractivity contribution in [2.75, 3.05) is 13.1 Å². The summed E-state index contributed by atoms with van der Waals surface area (Å²) in [4.78, 5) is 44.6. The molecule has 3 rings (SSSR count). The van der Waals surface area contributed by atoms with E-state index in [4.69, 9.17) is 0 Å². The van der Waals surface area contributed by atoms with Crippen LogP contribution in [0.4, 0.5) is 4.79 Å². The molecule has 0 spiro atoms. The van der Waals surface area contributed by atoms with Crippen LogP contribution in [0.25, 0.3) is 0 Å². The lowest BCUT2D eigenvalue weighted by molar-refractivity contribution is -0.139.